The van der Waals surface area contributed by atoms with Gasteiger partial charge < -0.3 is 4.79 Å². The zero-order chi connectivity index (χ0) is 10.6. The van der Waals surface area contributed by atoms with Crippen LogP contribution >= 0.6 is 34.8 Å². The molecule has 1 heterocycles. The standard InChI is InChI=1S/C8H7Cl3N2O/c9-6-5(3-1-2-4-14)7(10)13-8(11)12-6/h4H,1-3H2. The predicted molar refractivity (Wildman–Crippen MR) is 56.1 cm³/mol. The van der Waals surface area contributed by atoms with Crippen molar-refractivity contribution in [3.05, 3.63) is 21.2 Å². The van der Waals surface area contributed by atoms with Crippen LogP contribution in [0.25, 0.3) is 0 Å². The maximum absolute atomic E-state index is 10.1. The topological polar surface area (TPSA) is 42.9 Å². The summed E-state index contributed by atoms with van der Waals surface area (Å²) >= 11 is 17.1. The first-order valence-electron chi connectivity index (χ1n) is 3.96. The van der Waals surface area contributed by atoms with Gasteiger partial charge in [0.2, 0.25) is 5.28 Å². The number of aromatic nitrogens is 2. The van der Waals surface area contributed by atoms with E-state index in [2.05, 4.69) is 9.97 Å². The smallest absolute Gasteiger partial charge is 0.225 e. The van der Waals surface area contributed by atoms with E-state index < -0.39 is 0 Å². The van der Waals surface area contributed by atoms with Crippen LogP contribution in [0.3, 0.4) is 0 Å². The molecule has 0 atom stereocenters. The Morgan fingerprint density at radius 2 is 1.71 bits per heavy atom. The number of carbonyl (C=O) groups is 1. The molecule has 0 aliphatic rings. The molecule has 6 heteroatoms. The molecule has 0 aliphatic carbocycles. The van der Waals surface area contributed by atoms with Crippen molar-refractivity contribution in [2.24, 2.45) is 0 Å². The predicted octanol–water partition coefficient (Wildman–Crippen LogP) is 2.96. The molecule has 0 amide bonds. The lowest BCUT2D eigenvalue weighted by molar-refractivity contribution is -0.107. The molecule has 0 aromatic carbocycles. The van der Waals surface area contributed by atoms with Gasteiger partial charge in [-0.15, -0.1) is 0 Å². The van der Waals surface area contributed by atoms with E-state index in [9.17, 15) is 4.79 Å². The van der Waals surface area contributed by atoms with E-state index in [4.69, 9.17) is 34.8 Å². The quantitative estimate of drug-likeness (QED) is 0.359. The van der Waals surface area contributed by atoms with Crippen LogP contribution in [0, 0.1) is 0 Å². The summed E-state index contributed by atoms with van der Waals surface area (Å²) in [7, 11) is 0. The third-order valence-electron chi connectivity index (χ3n) is 1.63. The van der Waals surface area contributed by atoms with E-state index in [0.717, 1.165) is 6.29 Å². The fourth-order valence-electron chi connectivity index (χ4n) is 0.976. The Kier molecular flexibility index (Phi) is 4.58. The molecule has 0 radical (unpaired) electrons. The minimum atomic E-state index is 0.0270. The van der Waals surface area contributed by atoms with E-state index in [1.165, 1.54) is 0 Å². The molecule has 0 bridgehead atoms. The van der Waals surface area contributed by atoms with Gasteiger partial charge in [-0.1, -0.05) is 23.2 Å². The van der Waals surface area contributed by atoms with Gasteiger partial charge in [-0.2, -0.15) is 0 Å². The first-order chi connectivity index (χ1) is 6.65. The molecular weight excluding hydrogens is 246 g/mol. The van der Waals surface area contributed by atoms with Gasteiger partial charge in [0, 0.05) is 12.0 Å². The molecule has 0 N–H and O–H groups in total. The van der Waals surface area contributed by atoms with Crippen LogP contribution < -0.4 is 0 Å². The highest BCUT2D eigenvalue weighted by atomic mass is 35.5. The van der Waals surface area contributed by atoms with Crippen molar-refractivity contribution in [2.45, 2.75) is 19.3 Å². The summed E-state index contributed by atoms with van der Waals surface area (Å²) in [4.78, 5) is 17.6. The van der Waals surface area contributed by atoms with Crippen molar-refractivity contribution >= 4 is 41.1 Å². The molecule has 14 heavy (non-hydrogen) atoms. The molecule has 0 saturated heterocycles. The Balaban J connectivity index is 2.80. The summed E-state index contributed by atoms with van der Waals surface area (Å²) in [6.45, 7) is 0. The highest BCUT2D eigenvalue weighted by molar-refractivity contribution is 6.36. The minimum absolute atomic E-state index is 0.0270. The van der Waals surface area contributed by atoms with Gasteiger partial charge in [-0.05, 0) is 24.4 Å². The maximum Gasteiger partial charge on any atom is 0.225 e. The molecule has 0 saturated carbocycles. The second-order valence-electron chi connectivity index (χ2n) is 2.61. The molecule has 0 spiro atoms. The summed E-state index contributed by atoms with van der Waals surface area (Å²) in [6, 6.07) is 0. The fraction of sp³-hybridized carbons (Fsp3) is 0.375. The van der Waals surface area contributed by atoms with E-state index >= 15 is 0 Å². The fourth-order valence-corrected chi connectivity index (χ4v) is 1.81. The van der Waals surface area contributed by atoms with Gasteiger partial charge in [-0.25, -0.2) is 9.97 Å². The van der Waals surface area contributed by atoms with Crippen LogP contribution in [0.4, 0.5) is 0 Å². The van der Waals surface area contributed by atoms with Crippen molar-refractivity contribution in [2.75, 3.05) is 0 Å². The normalized spacial score (nSPS) is 10.2. The van der Waals surface area contributed by atoms with Gasteiger partial charge in [0.25, 0.3) is 0 Å². The zero-order valence-electron chi connectivity index (χ0n) is 7.14. The summed E-state index contributed by atoms with van der Waals surface area (Å²) in [5, 5.41) is 0.529. The van der Waals surface area contributed by atoms with E-state index in [1.54, 1.807) is 0 Å². The lowest BCUT2D eigenvalue weighted by Gasteiger charge is -2.04. The Hall–Kier alpha value is -0.380. The number of rotatable bonds is 4. The molecule has 1 aromatic heterocycles. The van der Waals surface area contributed by atoms with Crippen molar-refractivity contribution in [3.8, 4) is 0 Å². The Bertz CT molecular complexity index is 320. The van der Waals surface area contributed by atoms with Crippen molar-refractivity contribution in [1.82, 2.24) is 9.97 Å². The molecule has 0 unspecified atom stereocenters. The molecule has 3 nitrogen and oxygen atoms in total. The summed E-state index contributed by atoms with van der Waals surface area (Å²) in [6.07, 6.45) is 2.56. The second-order valence-corrected chi connectivity index (χ2v) is 3.67. The summed E-state index contributed by atoms with van der Waals surface area (Å²) < 4.78 is 0. The Morgan fingerprint density at radius 1 is 1.14 bits per heavy atom. The van der Waals surface area contributed by atoms with Gasteiger partial charge in [0.05, 0.1) is 0 Å². The number of hydrogen-bond acceptors (Lipinski definition) is 3. The zero-order valence-corrected chi connectivity index (χ0v) is 9.40. The van der Waals surface area contributed by atoms with Crippen LogP contribution in [-0.2, 0) is 11.2 Å². The van der Waals surface area contributed by atoms with Crippen LogP contribution in [0.2, 0.25) is 15.6 Å². The number of carbonyl (C=O) groups excluding carboxylic acids is 1. The van der Waals surface area contributed by atoms with Crippen molar-refractivity contribution in [3.63, 3.8) is 0 Å². The SMILES string of the molecule is O=CCCCc1c(Cl)nc(Cl)nc1Cl. The van der Waals surface area contributed by atoms with Gasteiger partial charge in [0.15, 0.2) is 0 Å². The first kappa shape index (κ1) is 11.7. The Labute approximate surface area is 96.4 Å². The van der Waals surface area contributed by atoms with Gasteiger partial charge >= 0.3 is 0 Å². The van der Waals surface area contributed by atoms with E-state index in [1.807, 2.05) is 0 Å². The molecule has 76 valence electrons. The van der Waals surface area contributed by atoms with Crippen LogP contribution in [-0.4, -0.2) is 16.3 Å². The van der Waals surface area contributed by atoms with E-state index in [0.29, 0.717) is 24.8 Å². The molecule has 1 aromatic rings. The third kappa shape index (κ3) is 3.08. The van der Waals surface area contributed by atoms with E-state index in [-0.39, 0.29) is 15.6 Å². The molecule has 0 aliphatic heterocycles. The molecule has 1 rings (SSSR count). The van der Waals surface area contributed by atoms with Crippen LogP contribution in [0.5, 0.6) is 0 Å². The highest BCUT2D eigenvalue weighted by Gasteiger charge is 2.09. The average molecular weight is 254 g/mol. The van der Waals surface area contributed by atoms with Crippen molar-refractivity contribution < 1.29 is 4.79 Å². The third-order valence-corrected chi connectivity index (χ3v) is 2.42. The van der Waals surface area contributed by atoms with Crippen LogP contribution in [0.1, 0.15) is 18.4 Å². The number of halogens is 3. The maximum atomic E-state index is 10.1. The Morgan fingerprint density at radius 3 is 2.21 bits per heavy atom. The number of unbranched alkanes of at least 4 members (excludes halogenated alkanes) is 1. The van der Waals surface area contributed by atoms with Crippen molar-refractivity contribution in [1.29, 1.82) is 0 Å². The lowest BCUT2D eigenvalue weighted by Crippen LogP contribution is -1.95. The first-order valence-corrected chi connectivity index (χ1v) is 5.09. The highest BCUT2D eigenvalue weighted by Crippen LogP contribution is 2.24. The second kappa shape index (κ2) is 5.49. The minimum Gasteiger partial charge on any atom is -0.303 e. The monoisotopic (exact) mass is 252 g/mol. The number of aldehydes is 1. The van der Waals surface area contributed by atoms with Crippen LogP contribution in [0.15, 0.2) is 0 Å². The van der Waals surface area contributed by atoms with Gasteiger partial charge in [-0.3, -0.25) is 0 Å². The number of nitrogens with zero attached hydrogens (tertiary/aromatic N) is 2. The summed E-state index contributed by atoms with van der Waals surface area (Å²) in [5.41, 5.74) is 0.639. The molecular formula is C8H7Cl3N2O. The molecule has 0 fully saturated rings. The van der Waals surface area contributed by atoms with Gasteiger partial charge in [0.1, 0.15) is 16.6 Å². The largest absolute Gasteiger partial charge is 0.303 e. The average Bonchev–Trinajstić information content (AvgIpc) is 2.09. The summed E-state index contributed by atoms with van der Waals surface area (Å²) in [5.74, 6) is 0. The number of hydrogen-bond donors (Lipinski definition) is 0. The lowest BCUT2D eigenvalue weighted by atomic mass is 10.1.